The van der Waals surface area contributed by atoms with E-state index in [1.54, 1.807) is 6.07 Å². The molecule has 0 saturated carbocycles. The maximum absolute atomic E-state index is 13.4. The van der Waals surface area contributed by atoms with Crippen molar-refractivity contribution in [1.82, 2.24) is 4.98 Å². The van der Waals surface area contributed by atoms with E-state index >= 15 is 0 Å². The molecule has 0 radical (unpaired) electrons. The van der Waals surface area contributed by atoms with Crippen molar-refractivity contribution < 1.29 is 9.18 Å². The second kappa shape index (κ2) is 3.99. The molecule has 1 aliphatic rings. The number of nitrogens with two attached hydrogens (primary N) is 1. The van der Waals surface area contributed by atoms with Crippen LogP contribution in [-0.2, 0) is 11.2 Å². The number of nitrogens with one attached hydrogen (secondary N) is 1. The van der Waals surface area contributed by atoms with Gasteiger partial charge in [-0.05, 0) is 37.0 Å². The molecule has 1 atom stereocenters. The van der Waals surface area contributed by atoms with Crippen LogP contribution in [0.3, 0.4) is 0 Å². The normalized spacial score (nSPS) is 18.9. The van der Waals surface area contributed by atoms with Crippen LogP contribution < -0.4 is 5.73 Å². The zero-order chi connectivity index (χ0) is 12.9. The number of benzene rings is 1. The largest absolute Gasteiger partial charge is 0.369 e. The molecule has 1 aromatic heterocycles. The number of aromatic amines is 1. The van der Waals surface area contributed by atoms with Gasteiger partial charge in [0.15, 0.2) is 0 Å². The Morgan fingerprint density at radius 3 is 3.00 bits per heavy atom. The van der Waals surface area contributed by atoms with Crippen LogP contribution in [-0.4, -0.2) is 10.9 Å². The Labute approximate surface area is 108 Å². The number of amides is 1. The monoisotopic (exact) mass is 266 g/mol. The molecule has 1 aliphatic carbocycles. The summed E-state index contributed by atoms with van der Waals surface area (Å²) in [6, 6.07) is 2.99. The summed E-state index contributed by atoms with van der Waals surface area (Å²) in [6.45, 7) is 0. The van der Waals surface area contributed by atoms with Gasteiger partial charge < -0.3 is 10.7 Å². The van der Waals surface area contributed by atoms with Crippen LogP contribution in [0, 0.1) is 5.82 Å². The second-order valence-electron chi connectivity index (χ2n) is 4.68. The molecule has 0 spiro atoms. The van der Waals surface area contributed by atoms with Gasteiger partial charge in [0.05, 0.1) is 10.9 Å². The van der Waals surface area contributed by atoms with E-state index in [1.807, 2.05) is 0 Å². The average Bonchev–Trinajstić information content (AvgIpc) is 2.67. The molecule has 94 valence electrons. The van der Waals surface area contributed by atoms with Gasteiger partial charge in [-0.2, -0.15) is 0 Å². The van der Waals surface area contributed by atoms with Gasteiger partial charge in [0.25, 0.3) is 0 Å². The molecule has 18 heavy (non-hydrogen) atoms. The maximum atomic E-state index is 13.4. The first-order valence-corrected chi connectivity index (χ1v) is 6.24. The third-order valence-electron chi connectivity index (χ3n) is 3.59. The Morgan fingerprint density at radius 2 is 2.28 bits per heavy atom. The van der Waals surface area contributed by atoms with E-state index in [0.29, 0.717) is 5.52 Å². The molecule has 1 aromatic carbocycles. The minimum Gasteiger partial charge on any atom is -0.369 e. The van der Waals surface area contributed by atoms with E-state index < -0.39 is 5.82 Å². The number of aryl methyl sites for hydroxylation is 1. The standard InChI is InChI=1S/C13H12ClFN2O/c14-9-4-8-6-2-1-3-7(13(16)18)12(6)17-11(8)5-10(9)15/h4-5,7,17H,1-3H2,(H2,16,18). The van der Waals surface area contributed by atoms with Gasteiger partial charge >= 0.3 is 0 Å². The summed E-state index contributed by atoms with van der Waals surface area (Å²) in [7, 11) is 0. The molecule has 1 unspecified atom stereocenters. The minimum atomic E-state index is -0.460. The number of aromatic nitrogens is 1. The van der Waals surface area contributed by atoms with Gasteiger partial charge in [-0.25, -0.2) is 4.39 Å². The van der Waals surface area contributed by atoms with Crippen LogP contribution >= 0.6 is 11.6 Å². The fraction of sp³-hybridized carbons (Fsp3) is 0.308. The van der Waals surface area contributed by atoms with Gasteiger partial charge in [-0.1, -0.05) is 11.6 Å². The molecular formula is C13H12ClFN2O. The van der Waals surface area contributed by atoms with E-state index in [2.05, 4.69) is 4.98 Å². The number of halogens is 2. The van der Waals surface area contributed by atoms with Crippen LogP contribution in [0.15, 0.2) is 12.1 Å². The van der Waals surface area contributed by atoms with Crippen LogP contribution in [0.25, 0.3) is 10.9 Å². The number of hydrogen-bond acceptors (Lipinski definition) is 1. The van der Waals surface area contributed by atoms with Crippen LogP contribution in [0.1, 0.15) is 30.0 Å². The van der Waals surface area contributed by atoms with Gasteiger partial charge in [-0.3, -0.25) is 4.79 Å². The van der Waals surface area contributed by atoms with Gasteiger partial charge in [0.2, 0.25) is 5.91 Å². The second-order valence-corrected chi connectivity index (χ2v) is 5.08. The highest BCUT2D eigenvalue weighted by Crippen LogP contribution is 2.37. The Kier molecular flexibility index (Phi) is 2.55. The van der Waals surface area contributed by atoms with Crippen molar-refractivity contribution in [2.75, 3.05) is 0 Å². The van der Waals surface area contributed by atoms with Gasteiger partial charge in [0.1, 0.15) is 5.82 Å². The number of rotatable bonds is 1. The Hall–Kier alpha value is -1.55. The zero-order valence-corrected chi connectivity index (χ0v) is 10.4. The highest BCUT2D eigenvalue weighted by atomic mass is 35.5. The molecule has 1 amide bonds. The lowest BCUT2D eigenvalue weighted by Gasteiger charge is -2.19. The number of carbonyl (C=O) groups excluding carboxylic acids is 1. The Bertz CT molecular complexity index is 650. The number of hydrogen-bond donors (Lipinski definition) is 2. The van der Waals surface area contributed by atoms with Crippen molar-refractivity contribution in [3.05, 3.63) is 34.2 Å². The highest BCUT2D eigenvalue weighted by Gasteiger charge is 2.28. The van der Waals surface area contributed by atoms with E-state index in [0.717, 1.165) is 35.9 Å². The number of H-pyrrole nitrogens is 1. The molecule has 3 N–H and O–H groups in total. The molecule has 5 heteroatoms. The lowest BCUT2D eigenvalue weighted by Crippen LogP contribution is -2.24. The first-order chi connectivity index (χ1) is 8.58. The quantitative estimate of drug-likeness (QED) is 0.819. The third kappa shape index (κ3) is 1.60. The zero-order valence-electron chi connectivity index (χ0n) is 9.59. The van der Waals surface area contributed by atoms with Gasteiger partial charge in [-0.15, -0.1) is 0 Å². The predicted molar refractivity (Wildman–Crippen MR) is 68.1 cm³/mol. The molecule has 3 nitrogen and oxygen atoms in total. The molecule has 0 saturated heterocycles. The van der Waals surface area contributed by atoms with Crippen molar-refractivity contribution in [2.45, 2.75) is 25.2 Å². The molecular weight excluding hydrogens is 255 g/mol. The van der Waals surface area contributed by atoms with E-state index in [-0.39, 0.29) is 16.8 Å². The average molecular weight is 267 g/mol. The van der Waals surface area contributed by atoms with Crippen molar-refractivity contribution >= 4 is 28.4 Å². The van der Waals surface area contributed by atoms with E-state index in [4.69, 9.17) is 17.3 Å². The predicted octanol–water partition coefficient (Wildman–Crippen LogP) is 2.87. The lowest BCUT2D eigenvalue weighted by molar-refractivity contribution is -0.119. The molecule has 0 aliphatic heterocycles. The van der Waals surface area contributed by atoms with Crippen molar-refractivity contribution in [3.8, 4) is 0 Å². The minimum absolute atomic E-state index is 0.102. The van der Waals surface area contributed by atoms with E-state index in [1.165, 1.54) is 6.07 Å². The van der Waals surface area contributed by atoms with E-state index in [9.17, 15) is 9.18 Å². The lowest BCUT2D eigenvalue weighted by atomic mass is 9.86. The summed E-state index contributed by atoms with van der Waals surface area (Å²) in [6.07, 6.45) is 2.51. The molecule has 0 fully saturated rings. The summed E-state index contributed by atoms with van der Waals surface area (Å²) in [4.78, 5) is 14.5. The first kappa shape index (κ1) is 11.5. The smallest absolute Gasteiger partial charge is 0.226 e. The van der Waals surface area contributed by atoms with Crippen LogP contribution in [0.4, 0.5) is 4.39 Å². The SMILES string of the molecule is NC(=O)C1CCCc2c1[nH]c1cc(F)c(Cl)cc21. The highest BCUT2D eigenvalue weighted by molar-refractivity contribution is 6.31. The van der Waals surface area contributed by atoms with Gasteiger partial charge in [0, 0.05) is 16.6 Å². The summed E-state index contributed by atoms with van der Waals surface area (Å²) in [5.41, 5.74) is 7.95. The molecule has 3 rings (SSSR count). The first-order valence-electron chi connectivity index (χ1n) is 5.86. The fourth-order valence-corrected chi connectivity index (χ4v) is 2.91. The van der Waals surface area contributed by atoms with Crippen molar-refractivity contribution in [3.63, 3.8) is 0 Å². The van der Waals surface area contributed by atoms with Crippen molar-refractivity contribution in [2.24, 2.45) is 5.73 Å². The van der Waals surface area contributed by atoms with Crippen molar-refractivity contribution in [1.29, 1.82) is 0 Å². The number of carbonyl (C=O) groups is 1. The molecule has 2 aromatic rings. The maximum Gasteiger partial charge on any atom is 0.226 e. The summed E-state index contributed by atoms with van der Waals surface area (Å²) in [5, 5.41) is 0.993. The molecule has 0 bridgehead atoms. The summed E-state index contributed by atoms with van der Waals surface area (Å²) < 4.78 is 13.4. The number of fused-ring (bicyclic) bond motifs is 3. The Balaban J connectivity index is 2.27. The van der Waals surface area contributed by atoms with Crippen LogP contribution in [0.2, 0.25) is 5.02 Å². The summed E-state index contributed by atoms with van der Waals surface area (Å²) in [5.74, 6) is -1.10. The fourth-order valence-electron chi connectivity index (χ4n) is 2.74. The van der Waals surface area contributed by atoms with Crippen LogP contribution in [0.5, 0.6) is 0 Å². The molecule has 1 heterocycles. The third-order valence-corrected chi connectivity index (χ3v) is 3.88. The number of primary amides is 1. The Morgan fingerprint density at radius 1 is 1.50 bits per heavy atom. The topological polar surface area (TPSA) is 58.9 Å². The summed E-state index contributed by atoms with van der Waals surface area (Å²) >= 11 is 5.81.